The van der Waals surface area contributed by atoms with Crippen LogP contribution in [0, 0.1) is 6.92 Å². The van der Waals surface area contributed by atoms with Crippen LogP contribution in [0.25, 0.3) is 0 Å². The molecule has 0 atom stereocenters. The van der Waals surface area contributed by atoms with E-state index in [0.717, 1.165) is 24.4 Å². The molecule has 0 aliphatic rings. The minimum Gasteiger partial charge on any atom is -0.0622 e. The average molecular weight is 721 g/mol. The molecule has 240 valence electrons. The molecule has 8 heteroatoms. The van der Waals surface area contributed by atoms with Crippen LogP contribution in [0.4, 0.5) is 5.82 Å². The zero-order valence-corrected chi connectivity index (χ0v) is 30.5. The van der Waals surface area contributed by atoms with Gasteiger partial charge in [0.2, 0.25) is 0 Å². The zero-order chi connectivity index (χ0) is 32.1. The van der Waals surface area contributed by atoms with Crippen LogP contribution < -0.4 is 26.5 Å². The van der Waals surface area contributed by atoms with Crippen molar-refractivity contribution in [2.45, 2.75) is 46.1 Å². The number of halogens is 2. The van der Waals surface area contributed by atoms with Gasteiger partial charge in [-0.3, -0.25) is 4.98 Å². The number of rotatable bonds is 12. The van der Waals surface area contributed by atoms with Gasteiger partial charge >= 0.3 is 33.0 Å². The van der Waals surface area contributed by atoms with E-state index in [1.54, 1.807) is 12.4 Å². The molecule has 5 rings (SSSR count). The van der Waals surface area contributed by atoms with Crippen LogP contribution in [0.15, 0.2) is 134 Å². The van der Waals surface area contributed by atoms with Crippen LogP contribution in [-0.4, -0.2) is 28.3 Å². The van der Waals surface area contributed by atoms with E-state index in [2.05, 4.69) is 150 Å². The first-order chi connectivity index (χ1) is 22.1. The van der Waals surface area contributed by atoms with Crippen molar-refractivity contribution in [3.63, 3.8) is 0 Å². The van der Waals surface area contributed by atoms with Crippen LogP contribution >= 0.6 is 36.2 Å². The van der Waals surface area contributed by atoms with Crippen LogP contribution in [0.3, 0.4) is 0 Å². The van der Waals surface area contributed by atoms with E-state index < -0.39 is 0 Å². The summed E-state index contributed by atoms with van der Waals surface area (Å²) in [6.45, 7) is 6.29. The Bertz CT molecular complexity index is 1290. The number of hydrogen-bond acceptors (Lipinski definition) is 3. The topological polar surface area (TPSA) is 37.8 Å². The molecule has 0 aliphatic carbocycles. The Kier molecular flexibility index (Phi) is 18.4. The van der Waals surface area contributed by atoms with Crippen molar-refractivity contribution in [1.29, 1.82) is 0 Å². The molecule has 1 N–H and O–H groups in total. The van der Waals surface area contributed by atoms with Gasteiger partial charge in [0.25, 0.3) is 0 Å². The van der Waals surface area contributed by atoms with Crippen LogP contribution in [-0.2, 0) is 12.7 Å². The molecule has 0 fully saturated rings. The molecule has 0 spiro atoms. The fourth-order valence-electron chi connectivity index (χ4n) is 4.87. The molecule has 0 aliphatic heterocycles. The van der Waals surface area contributed by atoms with Gasteiger partial charge in [-0.05, 0) is 75.6 Å². The molecular weight excluding hydrogens is 678 g/mol. The van der Waals surface area contributed by atoms with Gasteiger partial charge in [-0.15, -0.1) is 0 Å². The first kappa shape index (κ1) is 37.2. The van der Waals surface area contributed by atoms with E-state index in [0.29, 0.717) is 18.7 Å². The van der Waals surface area contributed by atoms with E-state index >= 15 is 0 Å². The Hall–Kier alpha value is -2.31. The summed E-state index contributed by atoms with van der Waals surface area (Å²) >= 11 is 0.569. The molecule has 3 nitrogen and oxygen atoms in total. The Balaban J connectivity index is 0.000000288. The van der Waals surface area contributed by atoms with E-state index in [1.165, 1.54) is 40.0 Å². The second-order valence-corrected chi connectivity index (χ2v) is 16.6. The molecule has 0 radical (unpaired) electrons. The summed E-state index contributed by atoms with van der Waals surface area (Å²) in [5.74, 6) is 0.883. The molecule has 0 bridgehead atoms. The Morgan fingerprint density at radius 1 is 0.622 bits per heavy atom. The molecule has 0 unspecified atom stereocenters. The maximum atomic E-state index is 4.70. The van der Waals surface area contributed by atoms with Crippen molar-refractivity contribution in [3.8, 4) is 0 Å². The summed E-state index contributed by atoms with van der Waals surface area (Å²) in [6.07, 6.45) is 9.48. The third-order valence-electron chi connectivity index (χ3n) is 7.13. The van der Waals surface area contributed by atoms with Gasteiger partial charge in [0.1, 0.15) is 5.82 Å². The molecule has 1 aromatic heterocycles. The van der Waals surface area contributed by atoms with Gasteiger partial charge in [-0.1, -0.05) is 135 Å². The van der Waals surface area contributed by atoms with Gasteiger partial charge in [0.15, 0.2) is 0 Å². The van der Waals surface area contributed by atoms with Crippen LogP contribution in [0.5, 0.6) is 0 Å². The molecule has 0 saturated heterocycles. The van der Waals surface area contributed by atoms with Gasteiger partial charge < -0.3 is 5.32 Å². The van der Waals surface area contributed by atoms with Gasteiger partial charge in [0.05, 0.1) is 11.9 Å². The molecule has 0 amide bonds. The predicted molar refractivity (Wildman–Crippen MR) is 199 cm³/mol. The van der Waals surface area contributed by atoms with Gasteiger partial charge in [-0.25, -0.2) is 4.98 Å². The van der Waals surface area contributed by atoms with Crippen molar-refractivity contribution in [3.05, 3.63) is 139 Å². The number of nitrogens with one attached hydrogen (secondary N) is 1. The Labute approximate surface area is 287 Å². The quantitative estimate of drug-likeness (QED) is 0.103. The van der Waals surface area contributed by atoms with E-state index in [1.807, 2.05) is 6.92 Å². The summed E-state index contributed by atoms with van der Waals surface area (Å²) < 4.78 is 0. The second-order valence-electron chi connectivity index (χ2n) is 10.2. The average Bonchev–Trinajstić information content (AvgIpc) is 3.09. The van der Waals surface area contributed by atoms with Crippen molar-refractivity contribution < 1.29 is 12.7 Å². The van der Waals surface area contributed by atoms with E-state index in [-0.39, 0.29) is 15.8 Å². The summed E-state index contributed by atoms with van der Waals surface area (Å²) in [5.41, 5.74) is 0.955. The number of aryl methyl sites for hydroxylation is 1. The molecular formula is C37H43Cl2N3NiP2. The number of nitrogens with zero attached hydrogens (tertiary/aromatic N) is 2. The summed E-state index contributed by atoms with van der Waals surface area (Å²) in [5, 5.41) is 9.28. The number of benzene rings is 4. The third-order valence-corrected chi connectivity index (χ3v) is 12.3. The van der Waals surface area contributed by atoms with Crippen molar-refractivity contribution >= 4 is 63.3 Å². The van der Waals surface area contributed by atoms with Crippen molar-refractivity contribution in [2.24, 2.45) is 0 Å². The first-order valence-electron chi connectivity index (χ1n) is 15.2. The van der Waals surface area contributed by atoms with Gasteiger partial charge in [0, 0.05) is 12.2 Å². The van der Waals surface area contributed by atoms with E-state index in [9.17, 15) is 0 Å². The minimum atomic E-state index is -0.309. The zero-order valence-electron chi connectivity index (χ0n) is 26.2. The predicted octanol–water partition coefficient (Wildman–Crippen LogP) is 9.40. The minimum absolute atomic E-state index is 0.309. The third kappa shape index (κ3) is 13.5. The maximum absolute atomic E-state index is 4.70. The fraction of sp³-hybridized carbons (Fsp3) is 0.243. The standard InChI is InChI=1S/C27H26P2.C10H17N3.2ClH.Ni/c1-5-14-24(15-6-1)28(25-16-7-2-8-17-25)22-13-23-29(26-18-9-3-10-19-26)27-20-11-4-12-21-27;1-4-9(5-2)13-10-7-11-6-8(3)12-10;;;/h1-12,14-21H,13,22-23H2;6-7,9H,4-5H2,1-3H3,(H,12,13);2*1H;/q;;;;+2/p-2. The monoisotopic (exact) mass is 719 g/mol. The summed E-state index contributed by atoms with van der Waals surface area (Å²) in [6, 6.07) is 44.8. The number of aromatic nitrogens is 2. The second kappa shape index (κ2) is 22.3. The molecule has 0 saturated carbocycles. The number of hydrogen-bond donors (Lipinski definition) is 1. The van der Waals surface area contributed by atoms with Crippen LogP contribution in [0.2, 0.25) is 0 Å². The SMILES string of the molecule is CCC(CC)Nc1cncc(C)n1.[Cl][Ni][Cl].c1ccc(P(CCCP(c2ccccc2)c2ccccc2)c2ccccc2)cc1. The van der Waals surface area contributed by atoms with E-state index in [4.69, 9.17) is 20.4 Å². The molecule has 4 aromatic carbocycles. The molecule has 5 aromatic rings. The fourth-order valence-corrected chi connectivity index (χ4v) is 9.82. The van der Waals surface area contributed by atoms with Crippen molar-refractivity contribution in [2.75, 3.05) is 17.6 Å². The maximum Gasteiger partial charge on any atom is -0.0195 e. The molecule has 1 heterocycles. The summed E-state index contributed by atoms with van der Waals surface area (Å²) in [7, 11) is 8.78. The van der Waals surface area contributed by atoms with Gasteiger partial charge in [-0.2, -0.15) is 0 Å². The normalized spacial score (nSPS) is 10.7. The Morgan fingerprint density at radius 3 is 1.29 bits per heavy atom. The first-order valence-corrected chi connectivity index (χ1v) is 21.0. The largest absolute Gasteiger partial charge is 0.0622 e. The molecule has 45 heavy (non-hydrogen) atoms. The van der Waals surface area contributed by atoms with Crippen molar-refractivity contribution in [1.82, 2.24) is 9.97 Å². The Morgan fingerprint density at radius 2 is 0.978 bits per heavy atom. The number of anilines is 1. The summed E-state index contributed by atoms with van der Waals surface area (Å²) in [4.78, 5) is 8.42. The van der Waals surface area contributed by atoms with Crippen LogP contribution in [0.1, 0.15) is 38.8 Å². The smallest absolute Gasteiger partial charge is 0.0195 e.